The van der Waals surface area contributed by atoms with Crippen molar-refractivity contribution in [3.05, 3.63) is 48.0 Å². The summed E-state index contributed by atoms with van der Waals surface area (Å²) in [7, 11) is 8.23. The lowest BCUT2D eigenvalue weighted by molar-refractivity contribution is -0.868. The molecule has 0 bridgehead atoms. The van der Waals surface area contributed by atoms with Crippen molar-refractivity contribution in [2.45, 2.75) is 0 Å². The zero-order valence-electron chi connectivity index (χ0n) is 17.9. The summed E-state index contributed by atoms with van der Waals surface area (Å²) in [6.07, 6.45) is 5.27. The lowest BCUT2D eigenvalue weighted by Crippen LogP contribution is -2.38. The molecule has 160 valence electrons. The third-order valence-electron chi connectivity index (χ3n) is 4.54. The van der Waals surface area contributed by atoms with E-state index in [0.29, 0.717) is 23.0 Å². The van der Waals surface area contributed by atoms with Gasteiger partial charge in [-0.3, -0.25) is 5.41 Å². The Morgan fingerprint density at radius 3 is 2.77 bits per heavy atom. The van der Waals surface area contributed by atoms with E-state index in [4.69, 9.17) is 20.2 Å². The van der Waals surface area contributed by atoms with Gasteiger partial charge in [-0.2, -0.15) is 0 Å². The Balaban J connectivity index is 2.02. The number of quaternary nitrogens is 1. The molecule has 9 nitrogen and oxygen atoms in total. The summed E-state index contributed by atoms with van der Waals surface area (Å²) in [5.74, 6) is 1.07. The fourth-order valence-electron chi connectivity index (χ4n) is 2.98. The predicted octanol–water partition coefficient (Wildman–Crippen LogP) is 1.55. The summed E-state index contributed by atoms with van der Waals surface area (Å²) >= 11 is 0. The summed E-state index contributed by atoms with van der Waals surface area (Å²) in [5.41, 5.74) is 3.17. The van der Waals surface area contributed by atoms with E-state index >= 15 is 0 Å². The molecule has 0 radical (unpaired) electrons. The van der Waals surface area contributed by atoms with E-state index in [0.717, 1.165) is 28.8 Å². The number of ether oxygens (including phenoxy) is 1. The van der Waals surface area contributed by atoms with Gasteiger partial charge in [-0.15, -0.1) is 5.10 Å². The van der Waals surface area contributed by atoms with Crippen molar-refractivity contribution in [3.63, 3.8) is 0 Å². The molecule has 0 fully saturated rings. The van der Waals surface area contributed by atoms with Crippen LogP contribution >= 0.6 is 0 Å². The van der Waals surface area contributed by atoms with Crippen LogP contribution in [0.15, 0.2) is 53.0 Å². The predicted molar refractivity (Wildman–Crippen MR) is 120 cm³/mol. The second-order valence-corrected chi connectivity index (χ2v) is 7.97. The zero-order chi connectivity index (χ0) is 21.7. The van der Waals surface area contributed by atoms with E-state index in [2.05, 4.69) is 36.9 Å². The molecule has 30 heavy (non-hydrogen) atoms. The SMILES string of the molecule is CNC1=CC(=N)C(OCCO)=C/C1=N\c1c(NCC[N+](C)(C)C)nn2ccccc12. The number of allylic oxidation sites excluding steroid dienone is 2. The number of pyridine rings is 1. The molecule has 1 aliphatic rings. The van der Waals surface area contributed by atoms with Crippen molar-refractivity contribution in [1.29, 1.82) is 5.41 Å². The first kappa shape index (κ1) is 21.5. The number of fused-ring (bicyclic) bond motifs is 1. The quantitative estimate of drug-likeness (QED) is 0.369. The van der Waals surface area contributed by atoms with Crippen LogP contribution in [0.1, 0.15) is 0 Å². The van der Waals surface area contributed by atoms with Crippen molar-refractivity contribution < 1.29 is 14.3 Å². The largest absolute Gasteiger partial charge is 0.489 e. The minimum Gasteiger partial charge on any atom is -0.489 e. The van der Waals surface area contributed by atoms with Gasteiger partial charge in [-0.05, 0) is 18.2 Å². The minimum atomic E-state index is -0.117. The minimum absolute atomic E-state index is 0.117. The first-order valence-electron chi connectivity index (χ1n) is 9.87. The standard InChI is InChI=1S/C21H30N7O2/c1-23-16-13-15(22)19(30-12-11-29)14-17(16)25-20-18-7-5-6-9-27(18)26-21(20)24-8-10-28(2,3)4/h5-7,9,13-14,22-23,29H,8,10-12H2,1-4H3,(H,24,26)/q+1/b22-15?,25-17+. The van der Waals surface area contributed by atoms with Crippen LogP contribution in [0.5, 0.6) is 0 Å². The van der Waals surface area contributed by atoms with Crippen LogP contribution < -0.4 is 10.6 Å². The maximum absolute atomic E-state index is 9.05. The Hall–Kier alpha value is -3.17. The molecule has 0 saturated carbocycles. The number of hydrogen-bond acceptors (Lipinski definition) is 7. The van der Waals surface area contributed by atoms with Crippen LogP contribution in [0.25, 0.3) is 5.52 Å². The normalized spacial score (nSPS) is 15.9. The molecule has 9 heteroatoms. The van der Waals surface area contributed by atoms with E-state index in [1.807, 2.05) is 24.4 Å². The summed E-state index contributed by atoms with van der Waals surface area (Å²) in [4.78, 5) is 4.89. The van der Waals surface area contributed by atoms with Gasteiger partial charge in [-0.25, -0.2) is 9.51 Å². The zero-order valence-corrected chi connectivity index (χ0v) is 17.9. The molecule has 4 N–H and O–H groups in total. The molecule has 1 aliphatic carbocycles. The van der Waals surface area contributed by atoms with Gasteiger partial charge in [0.15, 0.2) is 5.82 Å². The molecule has 2 aromatic rings. The lowest BCUT2D eigenvalue weighted by atomic mass is 10.1. The lowest BCUT2D eigenvalue weighted by Gasteiger charge is -2.23. The number of hydrogen-bond donors (Lipinski definition) is 4. The fraction of sp³-hybridized carbons (Fsp3) is 0.381. The highest BCUT2D eigenvalue weighted by Crippen LogP contribution is 2.31. The van der Waals surface area contributed by atoms with Crippen LogP contribution in [-0.4, -0.2) is 85.1 Å². The smallest absolute Gasteiger partial charge is 0.175 e. The van der Waals surface area contributed by atoms with E-state index < -0.39 is 0 Å². The Labute approximate surface area is 176 Å². The molecular weight excluding hydrogens is 382 g/mol. The van der Waals surface area contributed by atoms with Gasteiger partial charge in [-0.1, -0.05) is 6.07 Å². The number of anilines is 1. The monoisotopic (exact) mass is 412 g/mol. The van der Waals surface area contributed by atoms with Crippen LogP contribution in [0, 0.1) is 5.41 Å². The highest BCUT2D eigenvalue weighted by molar-refractivity contribution is 6.22. The van der Waals surface area contributed by atoms with Crippen LogP contribution in [0.4, 0.5) is 11.5 Å². The molecule has 0 unspecified atom stereocenters. The average molecular weight is 413 g/mol. The van der Waals surface area contributed by atoms with Crippen molar-refractivity contribution in [3.8, 4) is 0 Å². The third kappa shape index (κ3) is 5.05. The van der Waals surface area contributed by atoms with Crippen molar-refractivity contribution in [2.24, 2.45) is 4.99 Å². The number of aliphatic imine (C=N–C) groups is 1. The van der Waals surface area contributed by atoms with Crippen molar-refractivity contribution >= 4 is 28.4 Å². The summed E-state index contributed by atoms with van der Waals surface area (Å²) in [5, 5.41) is 28.4. The summed E-state index contributed by atoms with van der Waals surface area (Å²) in [6, 6.07) is 5.85. The molecule has 0 saturated heterocycles. The molecule has 0 spiro atoms. The molecule has 0 aromatic carbocycles. The Morgan fingerprint density at radius 2 is 2.07 bits per heavy atom. The number of aliphatic hydroxyl groups excluding tert-OH is 1. The Kier molecular flexibility index (Phi) is 6.53. The van der Waals surface area contributed by atoms with Gasteiger partial charge >= 0.3 is 0 Å². The molecule has 2 aromatic heterocycles. The maximum Gasteiger partial charge on any atom is 0.175 e. The number of rotatable bonds is 9. The van der Waals surface area contributed by atoms with Gasteiger partial charge in [0.25, 0.3) is 0 Å². The Bertz CT molecular complexity index is 1010. The first-order chi connectivity index (χ1) is 14.3. The van der Waals surface area contributed by atoms with E-state index in [9.17, 15) is 0 Å². The molecule has 2 heterocycles. The number of nitrogens with zero attached hydrogens (tertiary/aromatic N) is 4. The summed E-state index contributed by atoms with van der Waals surface area (Å²) < 4.78 is 8.14. The molecule has 0 aliphatic heterocycles. The van der Waals surface area contributed by atoms with Crippen LogP contribution in [0.3, 0.4) is 0 Å². The molecule has 0 amide bonds. The van der Waals surface area contributed by atoms with E-state index in [-0.39, 0.29) is 18.9 Å². The third-order valence-corrected chi connectivity index (χ3v) is 4.54. The highest BCUT2D eigenvalue weighted by atomic mass is 16.5. The number of nitrogens with one attached hydrogen (secondary N) is 3. The Morgan fingerprint density at radius 1 is 1.27 bits per heavy atom. The van der Waals surface area contributed by atoms with Crippen LogP contribution in [-0.2, 0) is 4.74 Å². The molecular formula is C21H30N7O2+. The van der Waals surface area contributed by atoms with E-state index in [1.165, 1.54) is 0 Å². The van der Waals surface area contributed by atoms with Crippen LogP contribution in [0.2, 0.25) is 0 Å². The fourth-order valence-corrected chi connectivity index (χ4v) is 2.98. The van der Waals surface area contributed by atoms with Gasteiger partial charge in [0, 0.05) is 19.3 Å². The average Bonchev–Trinajstić information content (AvgIpc) is 3.04. The second-order valence-electron chi connectivity index (χ2n) is 7.97. The summed E-state index contributed by atoms with van der Waals surface area (Å²) in [6.45, 7) is 1.69. The van der Waals surface area contributed by atoms with Gasteiger partial charge in [0.2, 0.25) is 0 Å². The number of aliphatic hydroxyl groups is 1. The van der Waals surface area contributed by atoms with Crippen molar-refractivity contribution in [2.75, 3.05) is 59.8 Å². The molecule has 0 atom stereocenters. The maximum atomic E-state index is 9.05. The second kappa shape index (κ2) is 9.10. The number of likely N-dealkylation sites (N-methyl/N-ethyl adjacent to an activating group) is 1. The first-order valence-corrected chi connectivity index (χ1v) is 9.87. The topological polar surface area (TPSA) is 107 Å². The highest BCUT2D eigenvalue weighted by Gasteiger charge is 2.20. The van der Waals surface area contributed by atoms with E-state index in [1.54, 1.807) is 23.7 Å². The van der Waals surface area contributed by atoms with Gasteiger partial charge in [0.1, 0.15) is 18.1 Å². The number of aromatic nitrogens is 2. The van der Waals surface area contributed by atoms with Crippen molar-refractivity contribution in [1.82, 2.24) is 14.9 Å². The van der Waals surface area contributed by atoms with Gasteiger partial charge < -0.3 is 25.0 Å². The molecule has 3 rings (SSSR count). The van der Waals surface area contributed by atoms with Gasteiger partial charge in [0.05, 0.1) is 63.5 Å².